The molecule has 6 heteroatoms. The number of carbonyl (C=O) groups is 2. The number of para-hydroxylation sites is 3. The summed E-state index contributed by atoms with van der Waals surface area (Å²) in [4.78, 5) is 26.6. The first-order chi connectivity index (χ1) is 12.6. The van der Waals surface area contributed by atoms with Crippen molar-refractivity contribution >= 4 is 17.5 Å². The van der Waals surface area contributed by atoms with E-state index in [1.54, 1.807) is 25.2 Å². The number of methoxy groups -OCH3 is 2. The summed E-state index contributed by atoms with van der Waals surface area (Å²) in [6, 6.07) is 14.9. The van der Waals surface area contributed by atoms with Gasteiger partial charge in [0.05, 0.1) is 25.8 Å². The third-order valence-corrected chi connectivity index (χ3v) is 4.52. The first kappa shape index (κ1) is 17.8. The van der Waals surface area contributed by atoms with Gasteiger partial charge in [-0.15, -0.1) is 0 Å². The maximum absolute atomic E-state index is 12.5. The fraction of sp³-hybridized carbons (Fsp3) is 0.300. The van der Waals surface area contributed by atoms with Crippen molar-refractivity contribution in [1.29, 1.82) is 0 Å². The molecule has 136 valence electrons. The van der Waals surface area contributed by atoms with E-state index in [1.165, 1.54) is 0 Å². The van der Waals surface area contributed by atoms with E-state index in [-0.39, 0.29) is 24.2 Å². The van der Waals surface area contributed by atoms with Gasteiger partial charge in [0.1, 0.15) is 11.5 Å². The molecule has 2 amide bonds. The van der Waals surface area contributed by atoms with Crippen LogP contribution in [0.5, 0.6) is 11.5 Å². The number of carbonyl (C=O) groups excluding carboxylic acids is 2. The van der Waals surface area contributed by atoms with Crippen molar-refractivity contribution in [2.24, 2.45) is 5.92 Å². The quantitative estimate of drug-likeness (QED) is 0.865. The number of nitrogens with one attached hydrogen (secondary N) is 1. The number of ether oxygens (including phenoxy) is 2. The molecule has 26 heavy (non-hydrogen) atoms. The molecule has 0 radical (unpaired) electrons. The highest BCUT2D eigenvalue weighted by Gasteiger charge is 2.36. The van der Waals surface area contributed by atoms with Crippen LogP contribution in [-0.2, 0) is 16.1 Å². The van der Waals surface area contributed by atoms with Crippen LogP contribution in [0.2, 0.25) is 0 Å². The van der Waals surface area contributed by atoms with E-state index >= 15 is 0 Å². The largest absolute Gasteiger partial charge is 0.496 e. The summed E-state index contributed by atoms with van der Waals surface area (Å²) in [7, 11) is 3.16. The van der Waals surface area contributed by atoms with Gasteiger partial charge in [0.25, 0.3) is 0 Å². The highest BCUT2D eigenvalue weighted by molar-refractivity contribution is 6.01. The molecule has 3 rings (SSSR count). The van der Waals surface area contributed by atoms with E-state index in [9.17, 15) is 9.59 Å². The summed E-state index contributed by atoms with van der Waals surface area (Å²) in [6.07, 6.45) is 0.190. The van der Waals surface area contributed by atoms with E-state index in [4.69, 9.17) is 9.47 Å². The number of benzene rings is 2. The molecule has 0 aliphatic carbocycles. The number of hydrogen-bond acceptors (Lipinski definition) is 4. The minimum Gasteiger partial charge on any atom is -0.496 e. The molecule has 1 saturated heterocycles. The molecule has 1 aliphatic heterocycles. The zero-order valence-corrected chi connectivity index (χ0v) is 14.9. The predicted molar refractivity (Wildman–Crippen MR) is 98.3 cm³/mol. The van der Waals surface area contributed by atoms with Crippen LogP contribution < -0.4 is 19.7 Å². The lowest BCUT2D eigenvalue weighted by atomic mass is 10.1. The fourth-order valence-electron chi connectivity index (χ4n) is 3.14. The Kier molecular flexibility index (Phi) is 5.41. The summed E-state index contributed by atoms with van der Waals surface area (Å²) in [5, 5.41) is 2.91. The van der Waals surface area contributed by atoms with Crippen molar-refractivity contribution in [1.82, 2.24) is 5.32 Å². The molecule has 1 aliphatic rings. The van der Waals surface area contributed by atoms with Gasteiger partial charge in [-0.2, -0.15) is 0 Å². The van der Waals surface area contributed by atoms with Crippen LogP contribution in [0.15, 0.2) is 48.5 Å². The van der Waals surface area contributed by atoms with Crippen LogP contribution in [0.3, 0.4) is 0 Å². The molecule has 2 aromatic carbocycles. The highest BCUT2D eigenvalue weighted by atomic mass is 16.5. The molecule has 1 fully saturated rings. The number of hydrogen-bond donors (Lipinski definition) is 1. The average Bonchev–Trinajstić information content (AvgIpc) is 3.07. The second-order valence-corrected chi connectivity index (χ2v) is 6.11. The lowest BCUT2D eigenvalue weighted by Gasteiger charge is -2.19. The third kappa shape index (κ3) is 3.64. The number of amides is 2. The predicted octanol–water partition coefficient (Wildman–Crippen LogP) is 2.37. The normalized spacial score (nSPS) is 16.5. The Balaban J connectivity index is 1.65. The molecule has 1 N–H and O–H groups in total. The second kappa shape index (κ2) is 7.91. The van der Waals surface area contributed by atoms with Crippen molar-refractivity contribution in [3.8, 4) is 11.5 Å². The zero-order valence-electron chi connectivity index (χ0n) is 14.9. The van der Waals surface area contributed by atoms with Crippen molar-refractivity contribution in [2.75, 3.05) is 25.7 Å². The van der Waals surface area contributed by atoms with Gasteiger partial charge in [-0.25, -0.2) is 0 Å². The van der Waals surface area contributed by atoms with Gasteiger partial charge in [-0.3, -0.25) is 9.59 Å². The average molecular weight is 354 g/mol. The molecule has 1 heterocycles. The first-order valence-corrected chi connectivity index (χ1v) is 8.47. The highest BCUT2D eigenvalue weighted by Crippen LogP contribution is 2.32. The third-order valence-electron chi connectivity index (χ3n) is 4.52. The van der Waals surface area contributed by atoms with Crippen LogP contribution in [0.25, 0.3) is 0 Å². The molecule has 0 spiro atoms. The zero-order chi connectivity index (χ0) is 18.5. The van der Waals surface area contributed by atoms with Crippen LogP contribution in [-0.4, -0.2) is 32.6 Å². The fourth-order valence-corrected chi connectivity index (χ4v) is 3.14. The summed E-state index contributed by atoms with van der Waals surface area (Å²) < 4.78 is 10.6. The summed E-state index contributed by atoms with van der Waals surface area (Å²) in [5.74, 6) is 0.748. The molecule has 0 unspecified atom stereocenters. The first-order valence-electron chi connectivity index (χ1n) is 8.47. The summed E-state index contributed by atoms with van der Waals surface area (Å²) >= 11 is 0. The molecule has 0 saturated carbocycles. The Morgan fingerprint density at radius 2 is 1.73 bits per heavy atom. The maximum Gasteiger partial charge on any atom is 0.227 e. The number of anilines is 1. The van der Waals surface area contributed by atoms with Crippen LogP contribution in [0, 0.1) is 5.92 Å². The Morgan fingerprint density at radius 1 is 1.08 bits per heavy atom. The topological polar surface area (TPSA) is 67.9 Å². The van der Waals surface area contributed by atoms with Gasteiger partial charge in [-0.1, -0.05) is 30.3 Å². The van der Waals surface area contributed by atoms with Gasteiger partial charge >= 0.3 is 0 Å². The van der Waals surface area contributed by atoms with E-state index in [0.29, 0.717) is 24.5 Å². The van der Waals surface area contributed by atoms with Crippen molar-refractivity contribution < 1.29 is 19.1 Å². The monoisotopic (exact) mass is 354 g/mol. The molecular formula is C20H22N2O4. The Labute approximate surface area is 152 Å². The smallest absolute Gasteiger partial charge is 0.227 e. The van der Waals surface area contributed by atoms with Crippen molar-refractivity contribution in [3.05, 3.63) is 54.1 Å². The lowest BCUT2D eigenvalue weighted by molar-refractivity contribution is -0.126. The Bertz CT molecular complexity index is 806. The van der Waals surface area contributed by atoms with Gasteiger partial charge in [-0.05, 0) is 18.2 Å². The molecular weight excluding hydrogens is 332 g/mol. The van der Waals surface area contributed by atoms with E-state index in [2.05, 4.69) is 5.32 Å². The van der Waals surface area contributed by atoms with E-state index in [0.717, 1.165) is 11.3 Å². The van der Waals surface area contributed by atoms with Gasteiger partial charge in [0.15, 0.2) is 0 Å². The second-order valence-electron chi connectivity index (χ2n) is 6.11. The van der Waals surface area contributed by atoms with Crippen LogP contribution in [0.4, 0.5) is 5.69 Å². The molecule has 6 nitrogen and oxygen atoms in total. The van der Waals surface area contributed by atoms with Crippen molar-refractivity contribution in [2.45, 2.75) is 13.0 Å². The van der Waals surface area contributed by atoms with Crippen LogP contribution in [0.1, 0.15) is 12.0 Å². The van der Waals surface area contributed by atoms with Crippen molar-refractivity contribution in [3.63, 3.8) is 0 Å². The van der Waals surface area contributed by atoms with Crippen LogP contribution >= 0.6 is 0 Å². The standard InChI is InChI=1S/C20H22N2O4/c1-25-17-9-5-3-7-14(17)12-21-20(24)15-11-19(23)22(13-15)16-8-4-6-10-18(16)26-2/h3-10,15H,11-13H2,1-2H3,(H,21,24)/t15-/m1/s1. The minimum atomic E-state index is -0.387. The molecule has 0 bridgehead atoms. The summed E-state index contributed by atoms with van der Waals surface area (Å²) in [6.45, 7) is 0.707. The molecule has 0 aromatic heterocycles. The minimum absolute atomic E-state index is 0.0769. The SMILES string of the molecule is COc1ccccc1CNC(=O)[C@@H]1CC(=O)N(c2ccccc2OC)C1. The molecule has 2 aromatic rings. The van der Waals surface area contributed by atoms with E-state index < -0.39 is 0 Å². The summed E-state index contributed by atoms with van der Waals surface area (Å²) in [5.41, 5.74) is 1.59. The number of rotatable bonds is 6. The molecule has 1 atom stereocenters. The lowest BCUT2D eigenvalue weighted by Crippen LogP contribution is -2.32. The van der Waals surface area contributed by atoms with Gasteiger partial charge < -0.3 is 19.7 Å². The maximum atomic E-state index is 12.5. The Morgan fingerprint density at radius 3 is 2.46 bits per heavy atom. The Hall–Kier alpha value is -3.02. The number of nitrogens with zero attached hydrogens (tertiary/aromatic N) is 1. The van der Waals surface area contributed by atoms with Gasteiger partial charge in [0, 0.05) is 25.1 Å². The van der Waals surface area contributed by atoms with Gasteiger partial charge in [0.2, 0.25) is 11.8 Å². The van der Waals surface area contributed by atoms with E-state index in [1.807, 2.05) is 42.5 Å².